The molecule has 0 unspecified atom stereocenters. The average molecular weight is 242 g/mol. The third kappa shape index (κ3) is 3.21. The fourth-order valence-electron chi connectivity index (χ4n) is 2.14. The molecule has 0 radical (unpaired) electrons. The summed E-state index contributed by atoms with van der Waals surface area (Å²) >= 11 is 0. The number of aryl methyl sites for hydroxylation is 1. The van der Waals surface area contributed by atoms with Gasteiger partial charge in [-0.15, -0.1) is 12.4 Å². The van der Waals surface area contributed by atoms with E-state index in [0.29, 0.717) is 5.92 Å². The standard InChI is InChI=1S/C13H19NO.ClH/c1-10-2-4-11(5-3-10)13(14)12-6-8-15-9-7-12;/h2-5,12-13H,6-9,14H2,1H3;1H/t13-;/m1./s1. The van der Waals surface area contributed by atoms with Gasteiger partial charge in [0.25, 0.3) is 0 Å². The minimum atomic E-state index is 0. The van der Waals surface area contributed by atoms with Crippen LogP contribution in [0.2, 0.25) is 0 Å². The Morgan fingerprint density at radius 2 is 1.75 bits per heavy atom. The van der Waals surface area contributed by atoms with Gasteiger partial charge >= 0.3 is 0 Å². The molecule has 2 rings (SSSR count). The SMILES string of the molecule is Cc1ccc([C@@H](N)C2CCOCC2)cc1.Cl. The number of hydrogen-bond donors (Lipinski definition) is 1. The van der Waals surface area contributed by atoms with E-state index < -0.39 is 0 Å². The van der Waals surface area contributed by atoms with Gasteiger partial charge in [0.2, 0.25) is 0 Å². The van der Waals surface area contributed by atoms with Gasteiger partial charge in [-0.25, -0.2) is 0 Å². The number of nitrogens with two attached hydrogens (primary N) is 1. The Balaban J connectivity index is 0.00000128. The van der Waals surface area contributed by atoms with Crippen LogP contribution in [0.1, 0.15) is 30.0 Å². The van der Waals surface area contributed by atoms with Gasteiger partial charge in [0.05, 0.1) is 0 Å². The van der Waals surface area contributed by atoms with E-state index in [1.807, 2.05) is 0 Å². The molecule has 1 atom stereocenters. The van der Waals surface area contributed by atoms with Crippen LogP contribution in [0, 0.1) is 12.8 Å². The highest BCUT2D eigenvalue weighted by molar-refractivity contribution is 5.85. The van der Waals surface area contributed by atoms with Crippen LogP contribution in [0.4, 0.5) is 0 Å². The van der Waals surface area contributed by atoms with E-state index in [2.05, 4.69) is 31.2 Å². The second kappa shape index (κ2) is 6.24. The summed E-state index contributed by atoms with van der Waals surface area (Å²) in [5.74, 6) is 0.585. The minimum Gasteiger partial charge on any atom is -0.381 e. The molecule has 1 fully saturated rings. The molecule has 1 aromatic carbocycles. The van der Waals surface area contributed by atoms with Crippen LogP contribution in [0.5, 0.6) is 0 Å². The van der Waals surface area contributed by atoms with Crippen molar-refractivity contribution in [2.45, 2.75) is 25.8 Å². The zero-order valence-corrected chi connectivity index (χ0v) is 10.5. The van der Waals surface area contributed by atoms with E-state index in [1.165, 1.54) is 11.1 Å². The summed E-state index contributed by atoms with van der Waals surface area (Å²) in [5.41, 5.74) is 8.81. The molecule has 1 aliphatic heterocycles. The molecule has 0 aliphatic carbocycles. The molecule has 0 aromatic heterocycles. The smallest absolute Gasteiger partial charge is 0.0469 e. The molecule has 3 heteroatoms. The molecular formula is C13H20ClNO. The summed E-state index contributed by atoms with van der Waals surface area (Å²) in [6.45, 7) is 3.83. The van der Waals surface area contributed by atoms with Crippen molar-refractivity contribution in [3.8, 4) is 0 Å². The Morgan fingerprint density at radius 1 is 1.19 bits per heavy atom. The van der Waals surface area contributed by atoms with Crippen molar-refractivity contribution in [3.63, 3.8) is 0 Å². The molecule has 2 nitrogen and oxygen atoms in total. The van der Waals surface area contributed by atoms with Crippen LogP contribution < -0.4 is 5.73 Å². The van der Waals surface area contributed by atoms with Gasteiger partial charge < -0.3 is 10.5 Å². The highest BCUT2D eigenvalue weighted by Crippen LogP contribution is 2.27. The van der Waals surface area contributed by atoms with Crippen LogP contribution >= 0.6 is 12.4 Å². The van der Waals surface area contributed by atoms with E-state index in [1.54, 1.807) is 0 Å². The van der Waals surface area contributed by atoms with Crippen molar-refractivity contribution in [2.75, 3.05) is 13.2 Å². The van der Waals surface area contributed by atoms with Crippen LogP contribution in [-0.4, -0.2) is 13.2 Å². The summed E-state index contributed by atoms with van der Waals surface area (Å²) in [7, 11) is 0. The maximum Gasteiger partial charge on any atom is 0.0469 e. The average Bonchev–Trinajstić information content (AvgIpc) is 2.30. The first kappa shape index (κ1) is 13.5. The second-order valence-corrected chi connectivity index (χ2v) is 4.39. The lowest BCUT2D eigenvalue weighted by Gasteiger charge is -2.27. The summed E-state index contributed by atoms with van der Waals surface area (Å²) in [5, 5.41) is 0. The van der Waals surface area contributed by atoms with Crippen molar-refractivity contribution >= 4 is 12.4 Å². The summed E-state index contributed by atoms with van der Waals surface area (Å²) in [6, 6.07) is 8.74. The Kier molecular flexibility index (Phi) is 5.26. The number of hydrogen-bond acceptors (Lipinski definition) is 2. The lowest BCUT2D eigenvalue weighted by Crippen LogP contribution is -2.27. The molecule has 1 saturated heterocycles. The van der Waals surface area contributed by atoms with Crippen molar-refractivity contribution in [2.24, 2.45) is 11.7 Å². The number of ether oxygens (including phenoxy) is 1. The van der Waals surface area contributed by atoms with Crippen LogP contribution in [0.15, 0.2) is 24.3 Å². The van der Waals surface area contributed by atoms with Gasteiger partial charge in [-0.05, 0) is 31.2 Å². The van der Waals surface area contributed by atoms with E-state index >= 15 is 0 Å². The monoisotopic (exact) mass is 241 g/mol. The maximum absolute atomic E-state index is 6.26. The molecule has 1 heterocycles. The van der Waals surface area contributed by atoms with Gasteiger partial charge in [-0.3, -0.25) is 0 Å². The number of rotatable bonds is 2. The highest BCUT2D eigenvalue weighted by atomic mass is 35.5. The zero-order chi connectivity index (χ0) is 10.7. The molecular weight excluding hydrogens is 222 g/mol. The molecule has 0 amide bonds. The van der Waals surface area contributed by atoms with Gasteiger partial charge in [0.1, 0.15) is 0 Å². The first-order chi connectivity index (χ1) is 7.27. The van der Waals surface area contributed by atoms with Crippen molar-refractivity contribution in [1.82, 2.24) is 0 Å². The lowest BCUT2D eigenvalue weighted by molar-refractivity contribution is 0.0584. The number of halogens is 1. The van der Waals surface area contributed by atoms with Crippen molar-refractivity contribution in [1.29, 1.82) is 0 Å². The first-order valence-electron chi connectivity index (χ1n) is 5.67. The Labute approximate surface area is 104 Å². The third-order valence-corrected chi connectivity index (χ3v) is 3.24. The predicted molar refractivity (Wildman–Crippen MR) is 68.9 cm³/mol. The fourth-order valence-corrected chi connectivity index (χ4v) is 2.14. The quantitative estimate of drug-likeness (QED) is 0.864. The third-order valence-electron chi connectivity index (χ3n) is 3.24. The van der Waals surface area contributed by atoms with E-state index in [0.717, 1.165) is 26.1 Å². The normalized spacial score (nSPS) is 18.9. The fraction of sp³-hybridized carbons (Fsp3) is 0.538. The Morgan fingerprint density at radius 3 is 2.31 bits per heavy atom. The molecule has 0 bridgehead atoms. The van der Waals surface area contributed by atoms with E-state index in [9.17, 15) is 0 Å². The summed E-state index contributed by atoms with van der Waals surface area (Å²) in [4.78, 5) is 0. The Hall–Kier alpha value is -0.570. The van der Waals surface area contributed by atoms with Gasteiger partial charge in [0.15, 0.2) is 0 Å². The van der Waals surface area contributed by atoms with E-state index in [4.69, 9.17) is 10.5 Å². The van der Waals surface area contributed by atoms with Crippen LogP contribution in [0.3, 0.4) is 0 Å². The maximum atomic E-state index is 6.26. The lowest BCUT2D eigenvalue weighted by atomic mass is 9.87. The second-order valence-electron chi connectivity index (χ2n) is 4.39. The topological polar surface area (TPSA) is 35.2 Å². The van der Waals surface area contributed by atoms with Crippen molar-refractivity contribution < 1.29 is 4.74 Å². The molecule has 1 aromatic rings. The van der Waals surface area contributed by atoms with Gasteiger partial charge in [0, 0.05) is 19.3 Å². The largest absolute Gasteiger partial charge is 0.381 e. The first-order valence-corrected chi connectivity index (χ1v) is 5.67. The number of benzene rings is 1. The van der Waals surface area contributed by atoms with Gasteiger partial charge in [-0.2, -0.15) is 0 Å². The predicted octanol–water partition coefficient (Wildman–Crippen LogP) is 2.84. The summed E-state index contributed by atoms with van der Waals surface area (Å²) in [6.07, 6.45) is 2.18. The molecule has 16 heavy (non-hydrogen) atoms. The molecule has 1 aliphatic rings. The molecule has 0 spiro atoms. The van der Waals surface area contributed by atoms with E-state index in [-0.39, 0.29) is 18.4 Å². The van der Waals surface area contributed by atoms with Gasteiger partial charge in [-0.1, -0.05) is 29.8 Å². The van der Waals surface area contributed by atoms with Crippen molar-refractivity contribution in [3.05, 3.63) is 35.4 Å². The molecule has 2 N–H and O–H groups in total. The van der Waals surface area contributed by atoms with Crippen LogP contribution in [0.25, 0.3) is 0 Å². The zero-order valence-electron chi connectivity index (χ0n) is 9.69. The molecule has 90 valence electrons. The highest BCUT2D eigenvalue weighted by Gasteiger charge is 2.21. The summed E-state index contributed by atoms with van der Waals surface area (Å²) < 4.78 is 5.35. The Bertz CT molecular complexity index is 306. The van der Waals surface area contributed by atoms with Crippen LogP contribution in [-0.2, 0) is 4.74 Å². The molecule has 0 saturated carbocycles. The minimum absolute atomic E-state index is 0.